The largest absolute Gasteiger partial charge is 0.295 e. The number of carbonyl (C=O) groups is 1. The van der Waals surface area contributed by atoms with Crippen molar-refractivity contribution in [3.8, 4) is 0 Å². The van der Waals surface area contributed by atoms with Crippen molar-refractivity contribution in [1.29, 1.82) is 0 Å². The Morgan fingerprint density at radius 2 is 1.67 bits per heavy atom. The first-order valence-electron chi connectivity index (χ1n) is 4.58. The molecule has 0 saturated heterocycles. The van der Waals surface area contributed by atoms with E-state index in [-0.39, 0.29) is 21.0 Å². The van der Waals surface area contributed by atoms with Crippen LogP contribution in [0.25, 0.3) is 0 Å². The number of hydrogen-bond donors (Lipinski definition) is 0. The monoisotopic (exact) mass is 357 g/mol. The van der Waals surface area contributed by atoms with Crippen molar-refractivity contribution in [2.75, 3.05) is 6.66 Å². The number of hydrogen-bond acceptors (Lipinski definition) is 1. The van der Waals surface area contributed by atoms with Gasteiger partial charge in [-0.25, -0.2) is 0 Å². The third-order valence-corrected chi connectivity index (χ3v) is 48.2. The summed E-state index contributed by atoms with van der Waals surface area (Å²) in [7, 11) is 11.3. The van der Waals surface area contributed by atoms with E-state index in [2.05, 4.69) is 49.3 Å². The van der Waals surface area contributed by atoms with Gasteiger partial charge in [0.1, 0.15) is 12.6 Å². The molecule has 0 fully saturated rings. The van der Waals surface area contributed by atoms with Gasteiger partial charge in [-0.05, 0) is 6.92 Å². The molecular formula is C6H21OP8+. The van der Waals surface area contributed by atoms with Crippen molar-refractivity contribution >= 4 is 70.1 Å². The fourth-order valence-corrected chi connectivity index (χ4v) is 64.8. The quantitative estimate of drug-likeness (QED) is 0.570. The van der Waals surface area contributed by atoms with Crippen LogP contribution in [-0.2, 0) is 4.79 Å². The van der Waals surface area contributed by atoms with E-state index in [1.807, 2.05) is 6.92 Å². The molecule has 9 heteroatoms. The van der Waals surface area contributed by atoms with Crippen LogP contribution in [0.4, 0.5) is 0 Å². The fourth-order valence-electron chi connectivity index (χ4n) is 1.20. The van der Waals surface area contributed by atoms with Gasteiger partial charge in [-0.2, -0.15) is 0 Å². The minimum Gasteiger partial charge on any atom is -0.295 e. The molecule has 0 radical (unpaired) electrons. The van der Waals surface area contributed by atoms with Crippen molar-refractivity contribution in [2.45, 2.75) is 25.9 Å². The fraction of sp³-hybridized carbons (Fsp3) is 0.833. The van der Waals surface area contributed by atoms with Gasteiger partial charge < -0.3 is 0 Å². The molecule has 6 atom stereocenters. The lowest BCUT2D eigenvalue weighted by molar-refractivity contribution is -0.118. The molecule has 90 valence electrons. The molecule has 0 spiro atoms. The van der Waals surface area contributed by atoms with Crippen molar-refractivity contribution < 1.29 is 4.79 Å². The Morgan fingerprint density at radius 1 is 1.27 bits per heavy atom. The molecule has 15 heavy (non-hydrogen) atoms. The van der Waals surface area contributed by atoms with Crippen LogP contribution in [0.1, 0.15) is 20.3 Å². The van der Waals surface area contributed by atoms with Crippen LogP contribution in [0, 0.1) is 0 Å². The first kappa shape index (κ1) is 18.1. The Hall–Kier alpha value is 3.11. The summed E-state index contributed by atoms with van der Waals surface area (Å²) >= 11 is 0. The molecule has 0 aromatic carbocycles. The van der Waals surface area contributed by atoms with Gasteiger partial charge in [0.15, 0.2) is 5.78 Å². The minimum absolute atomic E-state index is 0.0267. The summed E-state index contributed by atoms with van der Waals surface area (Å²) in [6.45, 7) is 6.45. The zero-order chi connectivity index (χ0) is 12.2. The predicted octanol–water partition coefficient (Wildman–Crippen LogP) is 5.55. The maximum Gasteiger partial charge on any atom is 0.172 e. The summed E-state index contributed by atoms with van der Waals surface area (Å²) in [6.07, 6.45) is 0.698. The first-order chi connectivity index (χ1) is 6.82. The lowest BCUT2D eigenvalue weighted by Gasteiger charge is -2.26. The zero-order valence-corrected chi connectivity index (χ0v) is 17.6. The molecule has 0 bridgehead atoms. The normalized spacial score (nSPS) is 16.1. The molecule has 6 unspecified atom stereocenters. The molecule has 0 aromatic rings. The van der Waals surface area contributed by atoms with Crippen LogP contribution in [0.15, 0.2) is 0 Å². The Balaban J connectivity index is 4.63. The molecule has 0 aliphatic carbocycles. The van der Waals surface area contributed by atoms with Crippen molar-refractivity contribution in [1.82, 2.24) is 0 Å². The lowest BCUT2D eigenvalue weighted by atomic mass is 10.2. The Bertz CT molecular complexity index is 199. The second-order valence-electron chi connectivity index (χ2n) is 3.23. The van der Waals surface area contributed by atoms with Gasteiger partial charge in [0.2, 0.25) is 0 Å². The van der Waals surface area contributed by atoms with Crippen LogP contribution in [-0.4, -0.2) is 18.1 Å². The number of carbonyl (C=O) groups excluding carboxylic acids is 1. The van der Waals surface area contributed by atoms with Gasteiger partial charge in [0, 0.05) is 28.0 Å². The molecule has 0 saturated carbocycles. The second-order valence-corrected chi connectivity index (χ2v) is 34.8. The molecule has 0 N–H and O–H groups in total. The summed E-state index contributed by atoms with van der Waals surface area (Å²) in [5, 5.41) is 0. The van der Waals surface area contributed by atoms with Gasteiger partial charge in [-0.15, -0.1) is 0 Å². The highest BCUT2D eigenvalue weighted by molar-refractivity contribution is 9.09. The lowest BCUT2D eigenvalue weighted by Crippen LogP contribution is -2.12. The number of Topliss-reactive ketones (excluding diaryl/α,β-unsaturated/α-hetero) is 1. The van der Waals surface area contributed by atoms with E-state index in [9.17, 15) is 4.79 Å². The number of ketones is 1. The van der Waals surface area contributed by atoms with Crippen LogP contribution in [0.5, 0.6) is 0 Å². The van der Waals surface area contributed by atoms with Crippen molar-refractivity contribution in [3.63, 3.8) is 0 Å². The number of rotatable bonds is 6. The predicted molar refractivity (Wildman–Crippen MR) is 98.6 cm³/mol. The molecule has 0 heterocycles. The summed E-state index contributed by atoms with van der Waals surface area (Å²) < 4.78 is 0. The van der Waals surface area contributed by atoms with Crippen LogP contribution < -0.4 is 0 Å². The Morgan fingerprint density at radius 3 is 1.93 bits per heavy atom. The van der Waals surface area contributed by atoms with E-state index >= 15 is 0 Å². The maximum absolute atomic E-state index is 11.7. The van der Waals surface area contributed by atoms with Gasteiger partial charge >= 0.3 is 0 Å². The van der Waals surface area contributed by atoms with Crippen molar-refractivity contribution in [3.05, 3.63) is 0 Å². The SMILES string of the molecule is CCC(=O)C(C)[PH+](C)P(P(P)P)P(P)P. The van der Waals surface area contributed by atoms with E-state index in [1.54, 1.807) is 0 Å². The van der Waals surface area contributed by atoms with Gasteiger partial charge in [-0.3, -0.25) is 4.79 Å². The van der Waals surface area contributed by atoms with E-state index in [0.29, 0.717) is 17.9 Å². The Kier molecular flexibility index (Phi) is 11.0. The average Bonchev–Trinajstić information content (AvgIpc) is 2.14. The summed E-state index contributed by atoms with van der Waals surface area (Å²) in [5.41, 5.74) is 0.323. The molecule has 0 aliphatic heterocycles. The molecule has 0 rings (SSSR count). The standard InChI is InChI=1S/C6H20OP8/c1-4-6(7)5(2)12(3)15(13(8)9)14(10)11/h5H,4,8-11H2,1-3H3/p+1. The van der Waals surface area contributed by atoms with Crippen LogP contribution >= 0.6 is 64.3 Å². The summed E-state index contributed by atoms with van der Waals surface area (Å²) in [4.78, 5) is 11.7. The van der Waals surface area contributed by atoms with Gasteiger partial charge in [-0.1, -0.05) is 42.6 Å². The highest BCUT2D eigenvalue weighted by atomic mass is 33.1. The smallest absolute Gasteiger partial charge is 0.172 e. The average molecular weight is 357 g/mol. The van der Waals surface area contributed by atoms with E-state index in [1.165, 1.54) is 0 Å². The van der Waals surface area contributed by atoms with Crippen LogP contribution in [0.3, 0.4) is 0 Å². The molecular weight excluding hydrogens is 336 g/mol. The molecule has 0 aliphatic rings. The highest BCUT2D eigenvalue weighted by Gasteiger charge is 2.38. The first-order valence-corrected chi connectivity index (χ1v) is 19.4. The maximum atomic E-state index is 11.7. The third kappa shape index (κ3) is 6.20. The van der Waals surface area contributed by atoms with Crippen molar-refractivity contribution in [2.24, 2.45) is 0 Å². The Labute approximate surface area is 107 Å². The minimum atomic E-state index is -0.526. The second kappa shape index (κ2) is 9.08. The molecule has 0 amide bonds. The third-order valence-electron chi connectivity index (χ3n) is 2.21. The zero-order valence-electron chi connectivity index (χ0n) is 9.34. The van der Waals surface area contributed by atoms with Gasteiger partial charge in [0.05, 0.1) is 6.66 Å². The van der Waals surface area contributed by atoms with Crippen LogP contribution in [0.2, 0.25) is 0 Å². The van der Waals surface area contributed by atoms with E-state index < -0.39 is 7.61 Å². The van der Waals surface area contributed by atoms with E-state index in [0.717, 1.165) is 0 Å². The summed E-state index contributed by atoms with van der Waals surface area (Å²) in [6, 6.07) is 0. The van der Waals surface area contributed by atoms with Gasteiger partial charge in [0.25, 0.3) is 0 Å². The molecule has 1 nitrogen and oxygen atoms in total. The van der Waals surface area contributed by atoms with E-state index in [4.69, 9.17) is 0 Å². The summed E-state index contributed by atoms with van der Waals surface area (Å²) in [5.74, 6) is 0.456. The molecule has 0 aromatic heterocycles. The topological polar surface area (TPSA) is 17.1 Å². The highest BCUT2D eigenvalue weighted by Crippen LogP contribution is 3.07.